The van der Waals surface area contributed by atoms with E-state index in [1.807, 2.05) is 18.2 Å². The fourth-order valence-corrected chi connectivity index (χ4v) is 3.65. The van der Waals surface area contributed by atoms with Crippen molar-refractivity contribution in [1.82, 2.24) is 14.9 Å². The van der Waals surface area contributed by atoms with Crippen LogP contribution in [0.3, 0.4) is 0 Å². The van der Waals surface area contributed by atoms with Crippen LogP contribution in [0.2, 0.25) is 0 Å². The molecule has 0 saturated heterocycles. The molecular formula is C24H31N3O3. The summed E-state index contributed by atoms with van der Waals surface area (Å²) in [6.07, 6.45) is 2.53. The summed E-state index contributed by atoms with van der Waals surface area (Å²) in [6.45, 7) is 6.38. The van der Waals surface area contributed by atoms with E-state index in [1.165, 1.54) is 18.2 Å². The normalized spacial score (nSPS) is 11.0. The van der Waals surface area contributed by atoms with E-state index in [1.54, 1.807) is 0 Å². The Bertz CT molecular complexity index is 961. The van der Waals surface area contributed by atoms with Gasteiger partial charge in [-0.25, -0.2) is 4.98 Å². The molecule has 0 aliphatic heterocycles. The van der Waals surface area contributed by atoms with Crippen molar-refractivity contribution in [3.63, 3.8) is 0 Å². The van der Waals surface area contributed by atoms with Gasteiger partial charge < -0.3 is 19.4 Å². The van der Waals surface area contributed by atoms with Crippen LogP contribution < -0.4 is 10.1 Å². The highest BCUT2D eigenvalue weighted by Crippen LogP contribution is 2.19. The highest BCUT2D eigenvalue weighted by Gasteiger charge is 2.10. The maximum Gasteiger partial charge on any atom is 0.245 e. The molecule has 0 atom stereocenters. The number of aryl methyl sites for hydroxylation is 4. The molecule has 30 heavy (non-hydrogen) atoms. The Morgan fingerprint density at radius 1 is 1.10 bits per heavy atom. The number of carbonyl (C=O) groups excluding carboxylic acids is 1. The van der Waals surface area contributed by atoms with Crippen molar-refractivity contribution >= 4 is 16.9 Å². The van der Waals surface area contributed by atoms with E-state index in [0.717, 1.165) is 48.4 Å². The molecule has 160 valence electrons. The van der Waals surface area contributed by atoms with Crippen molar-refractivity contribution < 1.29 is 14.3 Å². The number of nitrogens with one attached hydrogen (secondary N) is 1. The Kier molecular flexibility index (Phi) is 7.85. The average Bonchev–Trinajstić information content (AvgIpc) is 3.05. The molecule has 0 spiro atoms. The molecule has 1 aromatic heterocycles. The van der Waals surface area contributed by atoms with E-state index in [-0.39, 0.29) is 12.5 Å². The van der Waals surface area contributed by atoms with Crippen LogP contribution in [0.4, 0.5) is 0 Å². The van der Waals surface area contributed by atoms with Crippen LogP contribution in [0.5, 0.6) is 5.75 Å². The lowest BCUT2D eigenvalue weighted by atomic mass is 10.1. The lowest BCUT2D eigenvalue weighted by Crippen LogP contribution is -2.28. The predicted octanol–water partition coefficient (Wildman–Crippen LogP) is 3.82. The van der Waals surface area contributed by atoms with Gasteiger partial charge in [0.2, 0.25) is 5.91 Å². The number of fused-ring (bicyclic) bond motifs is 1. The third-order valence-corrected chi connectivity index (χ3v) is 4.90. The minimum absolute atomic E-state index is 0.0884. The Hall–Kier alpha value is -2.86. The van der Waals surface area contributed by atoms with E-state index in [4.69, 9.17) is 14.5 Å². The zero-order valence-electron chi connectivity index (χ0n) is 18.1. The van der Waals surface area contributed by atoms with Gasteiger partial charge in [-0.3, -0.25) is 4.79 Å². The molecule has 0 radical (unpaired) electrons. The van der Waals surface area contributed by atoms with Gasteiger partial charge in [0.05, 0.1) is 17.6 Å². The molecule has 0 bridgehead atoms. The largest absolute Gasteiger partial charge is 0.494 e. The van der Waals surface area contributed by atoms with Crippen molar-refractivity contribution in [2.24, 2.45) is 0 Å². The molecule has 1 heterocycles. The van der Waals surface area contributed by atoms with Crippen molar-refractivity contribution in [2.75, 3.05) is 26.9 Å². The first-order valence-corrected chi connectivity index (χ1v) is 10.5. The summed E-state index contributed by atoms with van der Waals surface area (Å²) in [6, 6.07) is 14.5. The van der Waals surface area contributed by atoms with Gasteiger partial charge in [0.25, 0.3) is 0 Å². The lowest BCUT2D eigenvalue weighted by molar-refractivity contribution is -0.124. The van der Waals surface area contributed by atoms with Crippen molar-refractivity contribution in [2.45, 2.75) is 39.7 Å². The van der Waals surface area contributed by atoms with E-state index in [2.05, 4.69) is 48.0 Å². The van der Waals surface area contributed by atoms with Gasteiger partial charge in [-0.2, -0.15) is 0 Å². The first kappa shape index (κ1) is 21.8. The summed E-state index contributed by atoms with van der Waals surface area (Å²) in [5, 5.41) is 2.87. The quantitative estimate of drug-likeness (QED) is 0.489. The number of rotatable bonds is 11. The number of ether oxygens (including phenoxy) is 2. The van der Waals surface area contributed by atoms with Gasteiger partial charge >= 0.3 is 0 Å². The highest BCUT2D eigenvalue weighted by molar-refractivity contribution is 5.77. The molecule has 0 aliphatic rings. The van der Waals surface area contributed by atoms with Gasteiger partial charge in [0.1, 0.15) is 18.2 Å². The van der Waals surface area contributed by atoms with Crippen molar-refractivity contribution in [3.8, 4) is 5.75 Å². The molecule has 0 unspecified atom stereocenters. The Morgan fingerprint density at radius 3 is 2.63 bits per heavy atom. The number of imidazole rings is 1. The third-order valence-electron chi connectivity index (χ3n) is 4.90. The number of aromatic nitrogens is 2. The molecular weight excluding hydrogens is 378 g/mol. The van der Waals surface area contributed by atoms with Crippen molar-refractivity contribution in [1.29, 1.82) is 0 Å². The standard InChI is InChI=1S/C24H31N3O3/c1-18-14-19(2)16-20(15-18)30-13-7-12-27-22-9-5-4-8-21(22)26-23(27)10-6-11-25-24(28)17-29-3/h4-5,8-9,14-16H,6-7,10-13,17H2,1-3H3,(H,25,28). The van der Waals surface area contributed by atoms with Crippen LogP contribution in [0.1, 0.15) is 29.8 Å². The second-order valence-electron chi connectivity index (χ2n) is 7.58. The molecule has 0 fully saturated rings. The molecule has 3 aromatic rings. The minimum atomic E-state index is -0.0884. The molecule has 0 aliphatic carbocycles. The van der Waals surface area contributed by atoms with E-state index >= 15 is 0 Å². The number of amides is 1. The second kappa shape index (κ2) is 10.8. The number of benzene rings is 2. The maximum absolute atomic E-state index is 11.5. The number of methoxy groups -OCH3 is 1. The van der Waals surface area contributed by atoms with Crippen LogP contribution in [0.15, 0.2) is 42.5 Å². The highest BCUT2D eigenvalue weighted by atomic mass is 16.5. The first-order valence-electron chi connectivity index (χ1n) is 10.5. The summed E-state index contributed by atoms with van der Waals surface area (Å²) in [4.78, 5) is 16.3. The monoisotopic (exact) mass is 409 g/mol. The van der Waals surface area contributed by atoms with Crippen LogP contribution in [-0.2, 0) is 22.5 Å². The maximum atomic E-state index is 11.5. The molecule has 6 heteroatoms. The van der Waals surface area contributed by atoms with Gasteiger partial charge in [-0.1, -0.05) is 18.2 Å². The van der Waals surface area contributed by atoms with Gasteiger partial charge in [-0.15, -0.1) is 0 Å². The summed E-state index contributed by atoms with van der Waals surface area (Å²) in [7, 11) is 1.52. The number of nitrogens with zero attached hydrogens (tertiary/aromatic N) is 2. The SMILES string of the molecule is COCC(=O)NCCCc1nc2ccccc2n1CCCOc1cc(C)cc(C)c1. The molecule has 2 aromatic carbocycles. The zero-order valence-corrected chi connectivity index (χ0v) is 18.1. The van der Waals surface area contributed by atoms with Gasteiger partial charge in [0.15, 0.2) is 0 Å². The fraction of sp³-hybridized carbons (Fsp3) is 0.417. The smallest absolute Gasteiger partial charge is 0.245 e. The topological polar surface area (TPSA) is 65.4 Å². The van der Waals surface area contributed by atoms with Gasteiger partial charge in [-0.05, 0) is 62.1 Å². The molecule has 1 N–H and O–H groups in total. The Labute approximate surface area is 178 Å². The Morgan fingerprint density at radius 2 is 1.87 bits per heavy atom. The summed E-state index contributed by atoms with van der Waals surface area (Å²) in [5.41, 5.74) is 4.57. The molecule has 6 nitrogen and oxygen atoms in total. The number of para-hydroxylation sites is 2. The zero-order chi connectivity index (χ0) is 21.3. The summed E-state index contributed by atoms with van der Waals surface area (Å²) >= 11 is 0. The number of hydrogen-bond donors (Lipinski definition) is 1. The van der Waals surface area contributed by atoms with Crippen LogP contribution >= 0.6 is 0 Å². The van der Waals surface area contributed by atoms with E-state index in [9.17, 15) is 4.79 Å². The first-order chi connectivity index (χ1) is 14.6. The van der Waals surface area contributed by atoms with Crippen LogP contribution in [-0.4, -0.2) is 42.3 Å². The van der Waals surface area contributed by atoms with Gasteiger partial charge in [0, 0.05) is 26.6 Å². The Balaban J connectivity index is 1.58. The molecule has 0 saturated carbocycles. The fourth-order valence-electron chi connectivity index (χ4n) is 3.65. The van der Waals surface area contributed by atoms with E-state index in [0.29, 0.717) is 13.2 Å². The lowest BCUT2D eigenvalue weighted by Gasteiger charge is -2.11. The average molecular weight is 410 g/mol. The number of hydrogen-bond acceptors (Lipinski definition) is 4. The van der Waals surface area contributed by atoms with Crippen LogP contribution in [0, 0.1) is 13.8 Å². The summed E-state index contributed by atoms with van der Waals surface area (Å²) < 4.78 is 13.1. The van der Waals surface area contributed by atoms with Crippen LogP contribution in [0.25, 0.3) is 11.0 Å². The molecule has 1 amide bonds. The third kappa shape index (κ3) is 6.07. The van der Waals surface area contributed by atoms with Crippen molar-refractivity contribution in [3.05, 3.63) is 59.4 Å². The minimum Gasteiger partial charge on any atom is -0.494 e. The number of carbonyl (C=O) groups is 1. The second-order valence-corrected chi connectivity index (χ2v) is 7.58. The van der Waals surface area contributed by atoms with E-state index < -0.39 is 0 Å². The predicted molar refractivity (Wildman–Crippen MR) is 119 cm³/mol. The summed E-state index contributed by atoms with van der Waals surface area (Å²) in [5.74, 6) is 1.88. The molecule has 3 rings (SSSR count).